The molecule has 1 aromatic carbocycles. The number of hydrogen-bond acceptors (Lipinski definition) is 7. The number of halogens is 1. The van der Waals surface area contributed by atoms with Gasteiger partial charge in [0, 0.05) is 18.7 Å². The fraction of sp³-hybridized carbons (Fsp3) is 0.562. The molecule has 1 fully saturated rings. The quantitative estimate of drug-likeness (QED) is 0.442. The summed E-state index contributed by atoms with van der Waals surface area (Å²) in [4.78, 5) is 24.1. The molecule has 140 valence electrons. The van der Waals surface area contributed by atoms with E-state index in [1.54, 1.807) is 6.07 Å². The van der Waals surface area contributed by atoms with E-state index >= 15 is 0 Å². The fourth-order valence-corrected chi connectivity index (χ4v) is 2.79. The van der Waals surface area contributed by atoms with Crippen molar-refractivity contribution in [2.24, 2.45) is 0 Å². The van der Waals surface area contributed by atoms with Crippen LogP contribution >= 0.6 is 12.4 Å². The van der Waals surface area contributed by atoms with Crippen molar-refractivity contribution in [2.45, 2.75) is 25.4 Å². The molecule has 1 heterocycles. The van der Waals surface area contributed by atoms with Crippen LogP contribution < -0.4 is 10.1 Å². The second kappa shape index (κ2) is 10.2. The van der Waals surface area contributed by atoms with Crippen molar-refractivity contribution in [2.75, 3.05) is 33.9 Å². The first-order valence-electron chi connectivity index (χ1n) is 7.89. The monoisotopic (exact) mass is 373 g/mol. The normalized spacial score (nSPS) is 14.7. The SMILES string of the molecule is COC(=O)COc1ccc(CN(C)C2CCNCC2)cc1[N+](=O)[O-].Cl. The number of carbonyl (C=O) groups is 1. The number of benzene rings is 1. The number of esters is 1. The Morgan fingerprint density at radius 3 is 2.68 bits per heavy atom. The predicted octanol–water partition coefficient (Wildman–Crippen LogP) is 1.75. The molecule has 8 nitrogen and oxygen atoms in total. The number of nitrogens with one attached hydrogen (secondary N) is 1. The second-order valence-corrected chi connectivity index (χ2v) is 5.82. The van der Waals surface area contributed by atoms with Crippen LogP contribution in [0.1, 0.15) is 18.4 Å². The molecule has 1 saturated heterocycles. The van der Waals surface area contributed by atoms with Crippen molar-refractivity contribution in [3.8, 4) is 5.75 Å². The van der Waals surface area contributed by atoms with Gasteiger partial charge in [0.15, 0.2) is 12.4 Å². The van der Waals surface area contributed by atoms with Gasteiger partial charge in [-0.3, -0.25) is 15.0 Å². The molecule has 1 aromatic rings. The van der Waals surface area contributed by atoms with Gasteiger partial charge in [-0.1, -0.05) is 6.07 Å². The summed E-state index contributed by atoms with van der Waals surface area (Å²) in [5.41, 5.74) is 0.697. The Hall–Kier alpha value is -1.90. The highest BCUT2D eigenvalue weighted by Gasteiger charge is 2.21. The lowest BCUT2D eigenvalue weighted by Crippen LogP contribution is -2.40. The molecular weight excluding hydrogens is 350 g/mol. The number of nitro benzene ring substituents is 1. The van der Waals surface area contributed by atoms with E-state index in [2.05, 4.69) is 15.0 Å². The van der Waals surface area contributed by atoms with Crippen molar-refractivity contribution in [1.82, 2.24) is 10.2 Å². The molecule has 0 atom stereocenters. The molecule has 0 unspecified atom stereocenters. The van der Waals surface area contributed by atoms with Gasteiger partial charge in [-0.05, 0) is 44.6 Å². The molecule has 0 aliphatic carbocycles. The average Bonchev–Trinajstić information content (AvgIpc) is 2.60. The van der Waals surface area contributed by atoms with Gasteiger partial charge in [0.2, 0.25) is 0 Å². The van der Waals surface area contributed by atoms with Gasteiger partial charge in [0.25, 0.3) is 0 Å². The Labute approximate surface area is 153 Å². The zero-order valence-corrected chi connectivity index (χ0v) is 15.2. The minimum atomic E-state index is -0.584. The van der Waals surface area contributed by atoms with E-state index in [-0.39, 0.29) is 30.5 Å². The van der Waals surface area contributed by atoms with Gasteiger partial charge in [-0.2, -0.15) is 0 Å². The number of rotatable bonds is 7. The molecule has 0 aromatic heterocycles. The lowest BCUT2D eigenvalue weighted by atomic mass is 10.0. The summed E-state index contributed by atoms with van der Waals surface area (Å²) < 4.78 is 9.66. The molecule has 1 aliphatic heterocycles. The highest BCUT2D eigenvalue weighted by atomic mass is 35.5. The summed E-state index contributed by atoms with van der Waals surface area (Å²) >= 11 is 0. The van der Waals surface area contributed by atoms with Crippen LogP contribution in [0.3, 0.4) is 0 Å². The standard InChI is InChI=1S/C16H23N3O5.ClH/c1-18(13-5-7-17-8-6-13)10-12-3-4-15(14(9-12)19(21)22)24-11-16(20)23-2;/h3-4,9,13,17H,5-8,10-11H2,1-2H3;1H. The molecule has 0 bridgehead atoms. The van der Waals surface area contributed by atoms with Crippen LogP contribution in [0.25, 0.3) is 0 Å². The van der Waals surface area contributed by atoms with E-state index in [0.717, 1.165) is 31.5 Å². The van der Waals surface area contributed by atoms with Gasteiger partial charge in [0.1, 0.15) is 0 Å². The van der Waals surface area contributed by atoms with Gasteiger partial charge >= 0.3 is 11.7 Å². The van der Waals surface area contributed by atoms with E-state index in [1.165, 1.54) is 19.2 Å². The second-order valence-electron chi connectivity index (χ2n) is 5.82. The molecule has 0 saturated carbocycles. The van der Waals surface area contributed by atoms with Crippen LogP contribution in [-0.4, -0.2) is 55.7 Å². The molecular formula is C16H24ClN3O5. The Morgan fingerprint density at radius 2 is 2.08 bits per heavy atom. The largest absolute Gasteiger partial charge is 0.475 e. The minimum absolute atomic E-state index is 0. The fourth-order valence-electron chi connectivity index (χ4n) is 2.79. The molecule has 0 radical (unpaired) electrons. The summed E-state index contributed by atoms with van der Waals surface area (Å²) in [6.07, 6.45) is 2.14. The number of methoxy groups -OCH3 is 1. The van der Waals surface area contributed by atoms with Crippen molar-refractivity contribution in [3.63, 3.8) is 0 Å². The van der Waals surface area contributed by atoms with Gasteiger partial charge in [-0.15, -0.1) is 12.4 Å². The van der Waals surface area contributed by atoms with Gasteiger partial charge < -0.3 is 14.8 Å². The van der Waals surface area contributed by atoms with Crippen LogP contribution in [0.5, 0.6) is 5.75 Å². The maximum absolute atomic E-state index is 11.3. The first-order chi connectivity index (χ1) is 11.5. The summed E-state index contributed by atoms with van der Waals surface area (Å²) in [6, 6.07) is 5.30. The maximum atomic E-state index is 11.3. The molecule has 0 spiro atoms. The van der Waals surface area contributed by atoms with E-state index in [9.17, 15) is 14.9 Å². The maximum Gasteiger partial charge on any atom is 0.343 e. The van der Waals surface area contributed by atoms with Gasteiger partial charge in [0.05, 0.1) is 12.0 Å². The van der Waals surface area contributed by atoms with Crippen molar-refractivity contribution >= 4 is 24.1 Å². The number of piperidine rings is 1. The smallest absolute Gasteiger partial charge is 0.343 e. The van der Waals surface area contributed by atoms with Crippen LogP contribution in [-0.2, 0) is 16.1 Å². The summed E-state index contributed by atoms with van der Waals surface area (Å²) in [5, 5.41) is 14.6. The van der Waals surface area contributed by atoms with Gasteiger partial charge in [-0.25, -0.2) is 4.79 Å². The molecule has 1 aliphatic rings. The van der Waals surface area contributed by atoms with Crippen LogP contribution in [0.2, 0.25) is 0 Å². The third-order valence-corrected chi connectivity index (χ3v) is 4.16. The van der Waals surface area contributed by atoms with Crippen molar-refractivity contribution < 1.29 is 19.2 Å². The summed E-state index contributed by atoms with van der Waals surface area (Å²) in [7, 11) is 3.27. The summed E-state index contributed by atoms with van der Waals surface area (Å²) in [5.74, 6) is -0.516. The zero-order valence-electron chi connectivity index (χ0n) is 14.4. The first-order valence-corrected chi connectivity index (χ1v) is 7.89. The minimum Gasteiger partial charge on any atom is -0.475 e. The Balaban J connectivity index is 0.00000312. The highest BCUT2D eigenvalue weighted by molar-refractivity contribution is 5.85. The molecule has 25 heavy (non-hydrogen) atoms. The predicted molar refractivity (Wildman–Crippen MR) is 95.2 cm³/mol. The molecule has 0 amide bonds. The van der Waals surface area contributed by atoms with E-state index in [1.807, 2.05) is 7.05 Å². The van der Waals surface area contributed by atoms with E-state index in [4.69, 9.17) is 4.74 Å². The van der Waals surface area contributed by atoms with Crippen LogP contribution in [0, 0.1) is 10.1 Å². The Kier molecular flexibility index (Phi) is 8.60. The molecule has 1 N–H and O–H groups in total. The van der Waals surface area contributed by atoms with Crippen LogP contribution in [0.15, 0.2) is 18.2 Å². The van der Waals surface area contributed by atoms with Crippen molar-refractivity contribution in [1.29, 1.82) is 0 Å². The van der Waals surface area contributed by atoms with Crippen LogP contribution in [0.4, 0.5) is 5.69 Å². The number of carbonyl (C=O) groups excluding carboxylic acids is 1. The molecule has 9 heteroatoms. The highest BCUT2D eigenvalue weighted by Crippen LogP contribution is 2.29. The number of nitro groups is 1. The lowest BCUT2D eigenvalue weighted by molar-refractivity contribution is -0.385. The van der Waals surface area contributed by atoms with E-state index < -0.39 is 10.9 Å². The average molecular weight is 374 g/mol. The summed E-state index contributed by atoms with van der Waals surface area (Å²) in [6.45, 7) is 2.26. The number of ether oxygens (including phenoxy) is 2. The lowest BCUT2D eigenvalue weighted by Gasteiger charge is -2.31. The Morgan fingerprint density at radius 1 is 1.40 bits per heavy atom. The number of nitrogens with zero attached hydrogens (tertiary/aromatic N) is 2. The topological polar surface area (TPSA) is 93.9 Å². The van der Waals surface area contributed by atoms with E-state index in [0.29, 0.717) is 12.6 Å². The third kappa shape index (κ3) is 6.15. The molecule has 2 rings (SSSR count). The Bertz CT molecular complexity index is 593. The van der Waals surface area contributed by atoms with Crippen molar-refractivity contribution in [3.05, 3.63) is 33.9 Å². The zero-order chi connectivity index (χ0) is 17.5. The third-order valence-electron chi connectivity index (χ3n) is 4.16. The first kappa shape index (κ1) is 21.1. The number of hydrogen-bond donors (Lipinski definition) is 1.